The molecule has 0 radical (unpaired) electrons. The number of piperidine rings is 1. The van der Waals surface area contributed by atoms with Crippen molar-refractivity contribution in [2.24, 2.45) is 5.73 Å². The molecule has 1 saturated heterocycles. The molecule has 1 aromatic rings. The average Bonchev–Trinajstić information content (AvgIpc) is 2.46. The molecule has 1 aromatic carbocycles. The van der Waals surface area contributed by atoms with Crippen molar-refractivity contribution in [3.8, 4) is 6.07 Å². The summed E-state index contributed by atoms with van der Waals surface area (Å²) >= 11 is 0. The molecule has 1 aliphatic heterocycles. The highest BCUT2D eigenvalue weighted by atomic mass is 15.2. The van der Waals surface area contributed by atoms with Gasteiger partial charge >= 0.3 is 0 Å². The van der Waals surface area contributed by atoms with E-state index in [1.54, 1.807) is 0 Å². The molecule has 1 fully saturated rings. The Labute approximate surface area is 109 Å². The smallest absolute Gasteiger partial charge is 0.0641 e. The molecule has 1 aliphatic rings. The van der Waals surface area contributed by atoms with Crippen LogP contribution in [0.3, 0.4) is 0 Å². The lowest BCUT2D eigenvalue weighted by molar-refractivity contribution is 0.100. The summed E-state index contributed by atoms with van der Waals surface area (Å²) in [6, 6.07) is 13.3. The molecular formula is C15H21N3. The second kappa shape index (κ2) is 6.53. The van der Waals surface area contributed by atoms with Crippen molar-refractivity contribution < 1.29 is 0 Å². The Morgan fingerprint density at radius 1 is 1.33 bits per heavy atom. The summed E-state index contributed by atoms with van der Waals surface area (Å²) in [5, 5.41) is 9.08. The standard InChI is InChI=1S/C15H21N3/c16-10-9-15(13-6-2-1-3-7-13)18-11-5-4-8-14(18)12-17/h1-3,6-7,14-15H,4-5,8-9,11-12,17H2. The Morgan fingerprint density at radius 2 is 2.11 bits per heavy atom. The average molecular weight is 243 g/mol. The zero-order valence-corrected chi connectivity index (χ0v) is 10.8. The van der Waals surface area contributed by atoms with Crippen molar-refractivity contribution in [3.63, 3.8) is 0 Å². The fourth-order valence-corrected chi connectivity index (χ4v) is 2.87. The summed E-state index contributed by atoms with van der Waals surface area (Å²) in [6.07, 6.45) is 4.17. The van der Waals surface area contributed by atoms with E-state index in [-0.39, 0.29) is 6.04 Å². The van der Waals surface area contributed by atoms with Crippen LogP contribution in [0.4, 0.5) is 0 Å². The minimum Gasteiger partial charge on any atom is -0.329 e. The second-order valence-electron chi connectivity index (χ2n) is 4.91. The van der Waals surface area contributed by atoms with Crippen LogP contribution in [0.2, 0.25) is 0 Å². The number of nitriles is 1. The van der Waals surface area contributed by atoms with E-state index < -0.39 is 0 Å². The van der Waals surface area contributed by atoms with Crippen molar-refractivity contribution >= 4 is 0 Å². The Morgan fingerprint density at radius 3 is 2.78 bits per heavy atom. The number of likely N-dealkylation sites (tertiary alicyclic amines) is 1. The third-order valence-electron chi connectivity index (χ3n) is 3.81. The molecular weight excluding hydrogens is 222 g/mol. The maximum absolute atomic E-state index is 9.08. The lowest BCUT2D eigenvalue weighted by Crippen LogP contribution is -2.45. The molecule has 0 spiro atoms. The monoisotopic (exact) mass is 243 g/mol. The van der Waals surface area contributed by atoms with E-state index in [1.165, 1.54) is 18.4 Å². The van der Waals surface area contributed by atoms with Gasteiger partial charge in [0, 0.05) is 18.6 Å². The molecule has 0 aromatic heterocycles. The Hall–Kier alpha value is -1.37. The maximum atomic E-state index is 9.08. The lowest BCUT2D eigenvalue weighted by Gasteiger charge is -2.40. The lowest BCUT2D eigenvalue weighted by atomic mass is 9.95. The first-order valence-electron chi connectivity index (χ1n) is 6.74. The van der Waals surface area contributed by atoms with Gasteiger partial charge in [-0.15, -0.1) is 0 Å². The molecule has 2 N–H and O–H groups in total. The van der Waals surface area contributed by atoms with Crippen LogP contribution < -0.4 is 5.73 Å². The van der Waals surface area contributed by atoms with E-state index in [4.69, 9.17) is 11.0 Å². The highest BCUT2D eigenvalue weighted by molar-refractivity contribution is 5.20. The van der Waals surface area contributed by atoms with Crippen molar-refractivity contribution in [2.75, 3.05) is 13.1 Å². The third kappa shape index (κ3) is 2.90. The molecule has 0 amide bonds. The van der Waals surface area contributed by atoms with Crippen molar-refractivity contribution in [1.82, 2.24) is 4.90 Å². The van der Waals surface area contributed by atoms with Crippen LogP contribution in [0.15, 0.2) is 30.3 Å². The second-order valence-corrected chi connectivity index (χ2v) is 4.91. The first-order valence-corrected chi connectivity index (χ1v) is 6.74. The van der Waals surface area contributed by atoms with E-state index in [0.717, 1.165) is 13.0 Å². The Bertz CT molecular complexity index is 396. The molecule has 3 heteroatoms. The summed E-state index contributed by atoms with van der Waals surface area (Å²) in [4.78, 5) is 2.43. The predicted molar refractivity (Wildman–Crippen MR) is 72.8 cm³/mol. The highest BCUT2D eigenvalue weighted by Crippen LogP contribution is 2.30. The minimum atomic E-state index is 0.199. The van der Waals surface area contributed by atoms with Crippen molar-refractivity contribution in [3.05, 3.63) is 35.9 Å². The van der Waals surface area contributed by atoms with Gasteiger partial charge in [0.15, 0.2) is 0 Å². The van der Waals surface area contributed by atoms with E-state index in [2.05, 4.69) is 23.1 Å². The van der Waals surface area contributed by atoms with Crippen LogP contribution in [0.1, 0.15) is 37.3 Å². The molecule has 2 atom stereocenters. The van der Waals surface area contributed by atoms with Crippen LogP contribution in [0.25, 0.3) is 0 Å². The molecule has 0 bridgehead atoms. The van der Waals surface area contributed by atoms with Gasteiger partial charge in [0.2, 0.25) is 0 Å². The highest BCUT2D eigenvalue weighted by Gasteiger charge is 2.28. The fraction of sp³-hybridized carbons (Fsp3) is 0.533. The van der Waals surface area contributed by atoms with Crippen LogP contribution >= 0.6 is 0 Å². The van der Waals surface area contributed by atoms with Crippen molar-refractivity contribution in [1.29, 1.82) is 5.26 Å². The number of rotatable bonds is 4. The third-order valence-corrected chi connectivity index (χ3v) is 3.81. The fourth-order valence-electron chi connectivity index (χ4n) is 2.87. The zero-order valence-electron chi connectivity index (χ0n) is 10.8. The summed E-state index contributed by atoms with van der Waals surface area (Å²) in [6.45, 7) is 1.75. The van der Waals surface area contributed by atoms with Crippen LogP contribution in [0, 0.1) is 11.3 Å². The first-order chi connectivity index (χ1) is 8.86. The van der Waals surface area contributed by atoms with Gasteiger partial charge in [0.05, 0.1) is 12.5 Å². The molecule has 96 valence electrons. The topological polar surface area (TPSA) is 53.0 Å². The van der Waals surface area contributed by atoms with Gasteiger partial charge < -0.3 is 5.73 Å². The largest absolute Gasteiger partial charge is 0.329 e. The molecule has 18 heavy (non-hydrogen) atoms. The van der Waals surface area contributed by atoms with E-state index in [9.17, 15) is 0 Å². The van der Waals surface area contributed by atoms with E-state index in [1.807, 2.05) is 18.2 Å². The summed E-state index contributed by atoms with van der Waals surface area (Å²) in [5.74, 6) is 0. The molecule has 3 nitrogen and oxygen atoms in total. The number of benzene rings is 1. The van der Waals surface area contributed by atoms with Gasteiger partial charge in [-0.2, -0.15) is 5.26 Å². The van der Waals surface area contributed by atoms with Gasteiger partial charge in [-0.05, 0) is 24.9 Å². The summed E-state index contributed by atoms with van der Waals surface area (Å²) in [7, 11) is 0. The van der Waals surface area contributed by atoms with Gasteiger partial charge in [0.25, 0.3) is 0 Å². The Balaban J connectivity index is 2.21. The number of hydrogen-bond donors (Lipinski definition) is 1. The van der Waals surface area contributed by atoms with Crippen LogP contribution in [-0.4, -0.2) is 24.0 Å². The van der Waals surface area contributed by atoms with Crippen LogP contribution in [0.5, 0.6) is 0 Å². The zero-order chi connectivity index (χ0) is 12.8. The molecule has 0 saturated carbocycles. The van der Waals surface area contributed by atoms with E-state index in [0.29, 0.717) is 19.0 Å². The molecule has 1 heterocycles. The summed E-state index contributed by atoms with van der Waals surface area (Å²) in [5.41, 5.74) is 7.12. The van der Waals surface area contributed by atoms with E-state index >= 15 is 0 Å². The van der Waals surface area contributed by atoms with Gasteiger partial charge in [-0.1, -0.05) is 36.8 Å². The molecule has 2 unspecified atom stereocenters. The normalized spacial score (nSPS) is 22.3. The Kier molecular flexibility index (Phi) is 4.74. The van der Waals surface area contributed by atoms with Gasteiger partial charge in [0.1, 0.15) is 0 Å². The van der Waals surface area contributed by atoms with Gasteiger partial charge in [-0.3, -0.25) is 4.90 Å². The van der Waals surface area contributed by atoms with Gasteiger partial charge in [-0.25, -0.2) is 0 Å². The molecule has 2 rings (SSSR count). The van der Waals surface area contributed by atoms with Crippen molar-refractivity contribution in [2.45, 2.75) is 37.8 Å². The SMILES string of the molecule is N#CCC(c1ccccc1)N1CCCCC1CN. The quantitative estimate of drug-likeness (QED) is 0.883. The molecule has 0 aliphatic carbocycles. The first kappa shape index (κ1) is 13.1. The summed E-state index contributed by atoms with van der Waals surface area (Å²) < 4.78 is 0. The minimum absolute atomic E-state index is 0.199. The van der Waals surface area contributed by atoms with Crippen LogP contribution in [-0.2, 0) is 0 Å². The number of nitrogens with two attached hydrogens (primary N) is 1. The maximum Gasteiger partial charge on any atom is 0.0641 e. The number of hydrogen-bond acceptors (Lipinski definition) is 3. The number of nitrogens with zero attached hydrogens (tertiary/aromatic N) is 2. The predicted octanol–water partition coefficient (Wildman–Crippen LogP) is 2.45.